The first-order valence-corrected chi connectivity index (χ1v) is 6.67. The van der Waals surface area contributed by atoms with Crippen LogP contribution in [-0.4, -0.2) is 13.1 Å². The van der Waals surface area contributed by atoms with Gasteiger partial charge >= 0.3 is 6.03 Å². The summed E-state index contributed by atoms with van der Waals surface area (Å²) in [6, 6.07) is 7.08. The number of anilines is 1. The highest BCUT2D eigenvalue weighted by molar-refractivity contribution is 5.91. The van der Waals surface area contributed by atoms with Crippen LogP contribution in [0.2, 0.25) is 0 Å². The second-order valence-electron chi connectivity index (χ2n) is 4.70. The van der Waals surface area contributed by atoms with Crippen LogP contribution in [0.5, 0.6) is 5.75 Å². The number of allylic oxidation sites excluding steroid dienone is 1. The van der Waals surface area contributed by atoms with E-state index >= 15 is 0 Å². The van der Waals surface area contributed by atoms with E-state index in [1.807, 2.05) is 18.2 Å². The lowest BCUT2D eigenvalue weighted by Crippen LogP contribution is -2.24. The zero-order chi connectivity index (χ0) is 13.5. The summed E-state index contributed by atoms with van der Waals surface area (Å²) < 4.78 is 5.17. The number of hydrogen-bond donors (Lipinski definition) is 2. The van der Waals surface area contributed by atoms with E-state index < -0.39 is 0 Å². The van der Waals surface area contributed by atoms with Gasteiger partial charge in [0.15, 0.2) is 0 Å². The van der Waals surface area contributed by atoms with Gasteiger partial charge in [-0.1, -0.05) is 31.1 Å². The molecule has 0 saturated heterocycles. The second-order valence-corrected chi connectivity index (χ2v) is 4.70. The number of para-hydroxylation sites is 2. The number of urea groups is 1. The van der Waals surface area contributed by atoms with Crippen molar-refractivity contribution in [2.75, 3.05) is 12.4 Å². The van der Waals surface area contributed by atoms with Crippen molar-refractivity contribution in [3.8, 4) is 5.75 Å². The monoisotopic (exact) mass is 260 g/mol. The molecule has 0 radical (unpaired) electrons. The maximum Gasteiger partial charge on any atom is 0.323 e. The summed E-state index contributed by atoms with van der Waals surface area (Å²) in [4.78, 5) is 11.7. The average Bonchev–Trinajstić information content (AvgIpc) is 2.92. The number of ether oxygens (including phenoxy) is 1. The van der Waals surface area contributed by atoms with Crippen molar-refractivity contribution in [2.24, 2.45) is 5.92 Å². The van der Waals surface area contributed by atoms with Crippen LogP contribution in [0, 0.1) is 5.92 Å². The molecule has 0 unspecified atom stereocenters. The molecule has 0 aromatic heterocycles. The number of rotatable bonds is 4. The first-order chi connectivity index (χ1) is 9.29. The van der Waals surface area contributed by atoms with Gasteiger partial charge in [-0.2, -0.15) is 0 Å². The van der Waals surface area contributed by atoms with Crippen LogP contribution in [0.3, 0.4) is 0 Å². The minimum absolute atomic E-state index is 0.251. The average molecular weight is 260 g/mol. The van der Waals surface area contributed by atoms with E-state index in [0.717, 1.165) is 0 Å². The molecule has 2 amide bonds. The van der Waals surface area contributed by atoms with Gasteiger partial charge in [0.2, 0.25) is 0 Å². The Hall–Kier alpha value is -1.97. The number of carbonyl (C=O) groups is 1. The Labute approximate surface area is 113 Å². The zero-order valence-electron chi connectivity index (χ0n) is 11.2. The molecule has 0 aliphatic heterocycles. The summed E-state index contributed by atoms with van der Waals surface area (Å²) in [5.74, 6) is 1.27. The van der Waals surface area contributed by atoms with Gasteiger partial charge in [0.25, 0.3) is 0 Å². The lowest BCUT2D eigenvalue weighted by molar-refractivity contribution is 0.255. The predicted molar refractivity (Wildman–Crippen MR) is 76.2 cm³/mol. The van der Waals surface area contributed by atoms with E-state index in [9.17, 15) is 4.79 Å². The number of carbonyl (C=O) groups excluding carboxylic acids is 1. The van der Waals surface area contributed by atoms with Gasteiger partial charge in [-0.05, 0) is 30.9 Å². The van der Waals surface area contributed by atoms with Crippen LogP contribution in [0.15, 0.2) is 36.5 Å². The fraction of sp³-hybridized carbons (Fsp3) is 0.400. The largest absolute Gasteiger partial charge is 0.495 e. The molecule has 19 heavy (non-hydrogen) atoms. The number of nitrogens with one attached hydrogen (secondary N) is 2. The Bertz CT molecular complexity index is 451. The van der Waals surface area contributed by atoms with E-state index in [1.165, 1.54) is 25.7 Å². The first-order valence-electron chi connectivity index (χ1n) is 6.67. The molecule has 0 spiro atoms. The highest BCUT2D eigenvalue weighted by atomic mass is 16.5. The standard InChI is InChI=1S/C15H20N2O2/c1-19-14-9-5-4-8-13(14)17-15(18)16-11-10-12-6-2-3-7-12/h4-5,8-12H,2-3,6-7H2,1H3,(H2,16,17,18)/b11-10+. The van der Waals surface area contributed by atoms with E-state index in [4.69, 9.17) is 4.74 Å². The molecule has 4 nitrogen and oxygen atoms in total. The van der Waals surface area contributed by atoms with Crippen molar-refractivity contribution < 1.29 is 9.53 Å². The molecule has 0 bridgehead atoms. The fourth-order valence-corrected chi connectivity index (χ4v) is 2.32. The van der Waals surface area contributed by atoms with Gasteiger partial charge in [0, 0.05) is 6.20 Å². The molecule has 4 heteroatoms. The molecule has 1 fully saturated rings. The maximum absolute atomic E-state index is 11.7. The van der Waals surface area contributed by atoms with Crippen LogP contribution in [0.4, 0.5) is 10.5 Å². The van der Waals surface area contributed by atoms with Gasteiger partial charge in [-0.15, -0.1) is 0 Å². The molecule has 1 aromatic carbocycles. The van der Waals surface area contributed by atoms with E-state index in [-0.39, 0.29) is 6.03 Å². The fourth-order valence-electron chi connectivity index (χ4n) is 2.32. The van der Waals surface area contributed by atoms with Gasteiger partial charge < -0.3 is 15.4 Å². The third-order valence-corrected chi connectivity index (χ3v) is 3.34. The van der Waals surface area contributed by atoms with E-state index in [1.54, 1.807) is 19.4 Å². The smallest absolute Gasteiger partial charge is 0.323 e. The quantitative estimate of drug-likeness (QED) is 0.870. The first kappa shape index (κ1) is 13.5. The Balaban J connectivity index is 1.83. The second kappa shape index (κ2) is 6.83. The van der Waals surface area contributed by atoms with Crippen molar-refractivity contribution in [1.29, 1.82) is 0 Å². The molecule has 2 N–H and O–H groups in total. The van der Waals surface area contributed by atoms with Crippen LogP contribution in [0.25, 0.3) is 0 Å². The predicted octanol–water partition coefficient (Wildman–Crippen LogP) is 3.52. The summed E-state index contributed by atoms with van der Waals surface area (Å²) in [6.45, 7) is 0. The van der Waals surface area contributed by atoms with Gasteiger partial charge in [-0.25, -0.2) is 4.79 Å². The van der Waals surface area contributed by atoms with Crippen molar-refractivity contribution in [3.05, 3.63) is 36.5 Å². The number of methoxy groups -OCH3 is 1. The normalized spacial score (nSPS) is 15.6. The third-order valence-electron chi connectivity index (χ3n) is 3.34. The molecular weight excluding hydrogens is 240 g/mol. The molecule has 1 aliphatic carbocycles. The van der Waals surface area contributed by atoms with E-state index in [0.29, 0.717) is 17.4 Å². The summed E-state index contributed by atoms with van der Waals surface area (Å²) in [5, 5.41) is 5.48. The van der Waals surface area contributed by atoms with Crippen molar-refractivity contribution in [1.82, 2.24) is 5.32 Å². The molecule has 1 aliphatic rings. The topological polar surface area (TPSA) is 50.4 Å². The zero-order valence-corrected chi connectivity index (χ0v) is 11.2. The lowest BCUT2D eigenvalue weighted by atomic mass is 10.1. The van der Waals surface area contributed by atoms with Crippen LogP contribution >= 0.6 is 0 Å². The van der Waals surface area contributed by atoms with Crippen LogP contribution < -0.4 is 15.4 Å². The lowest BCUT2D eigenvalue weighted by Gasteiger charge is -2.09. The van der Waals surface area contributed by atoms with Gasteiger partial charge in [0.05, 0.1) is 12.8 Å². The van der Waals surface area contributed by atoms with E-state index in [2.05, 4.69) is 16.7 Å². The maximum atomic E-state index is 11.7. The summed E-state index contributed by atoms with van der Waals surface area (Å²) in [6.07, 6.45) is 8.86. The van der Waals surface area contributed by atoms with Crippen LogP contribution in [-0.2, 0) is 0 Å². The van der Waals surface area contributed by atoms with Crippen molar-refractivity contribution >= 4 is 11.7 Å². The van der Waals surface area contributed by atoms with Crippen LogP contribution in [0.1, 0.15) is 25.7 Å². The van der Waals surface area contributed by atoms with Crippen molar-refractivity contribution in [3.63, 3.8) is 0 Å². The SMILES string of the molecule is COc1ccccc1NC(=O)N/C=C/C1CCCC1. The molecule has 0 heterocycles. The Morgan fingerprint density at radius 2 is 2.05 bits per heavy atom. The molecule has 102 valence electrons. The third kappa shape index (κ3) is 4.02. The number of hydrogen-bond acceptors (Lipinski definition) is 2. The van der Waals surface area contributed by atoms with Crippen molar-refractivity contribution in [2.45, 2.75) is 25.7 Å². The Morgan fingerprint density at radius 3 is 2.79 bits per heavy atom. The molecule has 1 saturated carbocycles. The highest BCUT2D eigenvalue weighted by Crippen LogP contribution is 2.25. The summed E-state index contributed by atoms with van der Waals surface area (Å²) in [5.41, 5.74) is 0.664. The summed E-state index contributed by atoms with van der Waals surface area (Å²) >= 11 is 0. The van der Waals surface area contributed by atoms with Gasteiger partial charge in [-0.3, -0.25) is 0 Å². The van der Waals surface area contributed by atoms with Gasteiger partial charge in [0.1, 0.15) is 5.75 Å². The molecule has 1 aromatic rings. The Kier molecular flexibility index (Phi) is 4.84. The number of benzene rings is 1. The molecule has 2 rings (SSSR count). The number of amides is 2. The molecule has 0 atom stereocenters. The molecular formula is C15H20N2O2. The Morgan fingerprint density at radius 1 is 1.32 bits per heavy atom. The minimum atomic E-state index is -0.251. The summed E-state index contributed by atoms with van der Waals surface area (Å²) in [7, 11) is 1.58. The highest BCUT2D eigenvalue weighted by Gasteiger charge is 2.11. The minimum Gasteiger partial charge on any atom is -0.495 e.